The highest BCUT2D eigenvalue weighted by Crippen LogP contribution is 2.49. The number of nitrogen functional groups attached to an aromatic ring is 1. The van der Waals surface area contributed by atoms with Crippen LogP contribution in [-0.2, 0) is 0 Å². The van der Waals surface area contributed by atoms with Crippen LogP contribution in [0.1, 0.15) is 18.9 Å². The van der Waals surface area contributed by atoms with Gasteiger partial charge in [-0.25, -0.2) is 9.18 Å². The van der Waals surface area contributed by atoms with E-state index in [1.165, 1.54) is 16.6 Å². The molecule has 0 spiro atoms. The first kappa shape index (κ1) is 19.0. The molecule has 0 bridgehead atoms. The van der Waals surface area contributed by atoms with Crippen LogP contribution in [-0.4, -0.2) is 46.9 Å². The van der Waals surface area contributed by atoms with Crippen molar-refractivity contribution in [2.45, 2.75) is 30.9 Å². The molecular formula is C19H19F3N4O4. The van der Waals surface area contributed by atoms with Gasteiger partial charge in [-0.2, -0.15) is 8.78 Å². The number of nitrogens with one attached hydrogen (secondary N) is 1. The first-order valence-electron chi connectivity index (χ1n) is 9.51. The lowest BCUT2D eigenvalue weighted by Gasteiger charge is -2.26. The smallest absolute Gasteiger partial charge is 0.329 e. The third-order valence-corrected chi connectivity index (χ3v) is 6.14. The molecule has 2 aliphatic carbocycles. The zero-order valence-corrected chi connectivity index (χ0v) is 15.9. The molecule has 3 aliphatic rings. The van der Waals surface area contributed by atoms with E-state index in [2.05, 4.69) is 4.98 Å². The molecule has 4 N–H and O–H groups in total. The van der Waals surface area contributed by atoms with E-state index in [1.54, 1.807) is 0 Å². The van der Waals surface area contributed by atoms with E-state index in [-0.39, 0.29) is 47.0 Å². The van der Waals surface area contributed by atoms with Crippen molar-refractivity contribution in [2.75, 3.05) is 30.8 Å². The molecule has 0 radical (unpaired) electrons. The van der Waals surface area contributed by atoms with Gasteiger partial charge in [0.1, 0.15) is 17.3 Å². The number of ether oxygens (including phenoxy) is 1. The summed E-state index contributed by atoms with van der Waals surface area (Å²) in [4.78, 5) is 28.5. The van der Waals surface area contributed by atoms with E-state index in [1.807, 2.05) is 0 Å². The Kier molecular flexibility index (Phi) is 3.83. The second kappa shape index (κ2) is 6.03. The van der Waals surface area contributed by atoms with Crippen LogP contribution in [0.3, 0.4) is 0 Å². The van der Waals surface area contributed by atoms with Gasteiger partial charge in [0.2, 0.25) is 0 Å². The van der Waals surface area contributed by atoms with Gasteiger partial charge in [0, 0.05) is 25.0 Å². The molecule has 1 aromatic carbocycles. The number of methoxy groups -OCH3 is 1. The first-order chi connectivity index (χ1) is 14.2. The molecule has 2 atom stereocenters. The Morgan fingerprint density at radius 3 is 2.63 bits per heavy atom. The molecule has 2 heterocycles. The van der Waals surface area contributed by atoms with Crippen LogP contribution in [0.4, 0.5) is 24.5 Å². The van der Waals surface area contributed by atoms with E-state index in [9.17, 15) is 23.5 Å². The molecule has 5 rings (SSSR count). The average molecular weight is 424 g/mol. The number of benzene rings is 1. The van der Waals surface area contributed by atoms with Crippen LogP contribution in [0.15, 0.2) is 21.2 Å². The molecule has 1 saturated heterocycles. The zero-order valence-electron chi connectivity index (χ0n) is 15.9. The van der Waals surface area contributed by atoms with Crippen LogP contribution >= 0.6 is 0 Å². The Morgan fingerprint density at radius 1 is 1.33 bits per heavy atom. The van der Waals surface area contributed by atoms with E-state index in [0.717, 1.165) is 0 Å². The number of aliphatic hydroxyl groups excluding tert-OH is 1. The molecule has 1 aromatic heterocycles. The largest absolute Gasteiger partial charge is 0.492 e. The standard InChI is InChI=1S/C19H19F3N4O4/c1-30-15-13-10(17(28)24-18(29)26(13)8-2-3-8)12(23)11(20)14(15)25-5-7-4-19(21,22)16(27)9(7)6-25/h4,8-9,16,27H,2-3,5-6,23H2,1H3,(H,24,28,29). The molecule has 2 aromatic rings. The van der Waals surface area contributed by atoms with Gasteiger partial charge in [0.25, 0.3) is 11.5 Å². The van der Waals surface area contributed by atoms with Crippen molar-refractivity contribution in [1.29, 1.82) is 0 Å². The molecular weight excluding hydrogens is 405 g/mol. The van der Waals surface area contributed by atoms with Crippen molar-refractivity contribution in [3.8, 4) is 5.75 Å². The van der Waals surface area contributed by atoms with Crippen LogP contribution in [0, 0.1) is 11.7 Å². The number of H-pyrrole nitrogens is 1. The first-order valence-corrected chi connectivity index (χ1v) is 9.51. The lowest BCUT2D eigenvalue weighted by Crippen LogP contribution is -2.36. The predicted octanol–water partition coefficient (Wildman–Crippen LogP) is 1.13. The number of rotatable bonds is 3. The minimum atomic E-state index is -3.34. The van der Waals surface area contributed by atoms with Crippen LogP contribution in [0.2, 0.25) is 0 Å². The number of fused-ring (bicyclic) bond motifs is 2. The summed E-state index contributed by atoms with van der Waals surface area (Å²) in [6.07, 6.45) is 0.215. The predicted molar refractivity (Wildman–Crippen MR) is 103 cm³/mol. The summed E-state index contributed by atoms with van der Waals surface area (Å²) in [7, 11) is 1.27. The molecule has 30 heavy (non-hydrogen) atoms. The summed E-state index contributed by atoms with van der Waals surface area (Å²) in [5.74, 6) is -5.20. The van der Waals surface area contributed by atoms with Gasteiger partial charge in [-0.15, -0.1) is 0 Å². The molecule has 1 aliphatic heterocycles. The topological polar surface area (TPSA) is 114 Å². The Labute approximate surface area is 167 Å². The average Bonchev–Trinajstić information content (AvgIpc) is 3.38. The summed E-state index contributed by atoms with van der Waals surface area (Å²) in [5, 5.41) is 9.75. The van der Waals surface area contributed by atoms with Crippen molar-refractivity contribution >= 4 is 22.3 Å². The lowest BCUT2D eigenvalue weighted by atomic mass is 10.0. The highest BCUT2D eigenvalue weighted by Gasteiger charge is 2.52. The quantitative estimate of drug-likeness (QED) is 0.503. The van der Waals surface area contributed by atoms with E-state index >= 15 is 4.39 Å². The fourth-order valence-corrected chi connectivity index (χ4v) is 4.61. The van der Waals surface area contributed by atoms with Gasteiger partial charge >= 0.3 is 5.69 Å². The third-order valence-electron chi connectivity index (χ3n) is 6.14. The van der Waals surface area contributed by atoms with Gasteiger partial charge in [-0.05, 0) is 24.5 Å². The number of halogens is 3. The number of nitrogens with zero attached hydrogens (tertiary/aromatic N) is 2. The number of anilines is 2. The molecule has 160 valence electrons. The summed E-state index contributed by atoms with van der Waals surface area (Å²) < 4.78 is 49.7. The second-order valence-electron chi connectivity index (χ2n) is 8.02. The second-order valence-corrected chi connectivity index (χ2v) is 8.02. The third kappa shape index (κ3) is 2.44. The Balaban J connectivity index is 1.77. The number of hydrogen-bond acceptors (Lipinski definition) is 6. The number of aromatic nitrogens is 2. The van der Waals surface area contributed by atoms with Gasteiger partial charge in [-0.1, -0.05) is 0 Å². The van der Waals surface area contributed by atoms with Crippen molar-refractivity contribution in [2.24, 2.45) is 5.92 Å². The molecule has 0 amide bonds. The van der Waals surface area contributed by atoms with Gasteiger partial charge < -0.3 is 20.5 Å². The molecule has 2 fully saturated rings. The highest BCUT2D eigenvalue weighted by atomic mass is 19.3. The number of hydrogen-bond donors (Lipinski definition) is 3. The molecule has 1 saturated carbocycles. The fraction of sp³-hybridized carbons (Fsp3) is 0.474. The summed E-state index contributed by atoms with van der Waals surface area (Å²) in [6.45, 7) is -0.149. The van der Waals surface area contributed by atoms with Crippen molar-refractivity contribution < 1.29 is 23.0 Å². The Morgan fingerprint density at radius 2 is 2.03 bits per heavy atom. The van der Waals surface area contributed by atoms with Crippen LogP contribution in [0.5, 0.6) is 5.75 Å². The summed E-state index contributed by atoms with van der Waals surface area (Å²) in [5.41, 5.74) is 4.28. The normalized spacial score (nSPS) is 25.0. The molecule has 8 nitrogen and oxygen atoms in total. The van der Waals surface area contributed by atoms with Gasteiger partial charge in [-0.3, -0.25) is 14.3 Å². The maximum Gasteiger partial charge on any atom is 0.329 e. The number of alkyl halides is 2. The highest BCUT2D eigenvalue weighted by molar-refractivity contribution is 6.00. The number of nitrogens with two attached hydrogens (primary N) is 1. The fourth-order valence-electron chi connectivity index (χ4n) is 4.61. The number of aromatic amines is 1. The molecule has 11 heteroatoms. The van der Waals surface area contributed by atoms with Crippen molar-refractivity contribution in [3.63, 3.8) is 0 Å². The minimum absolute atomic E-state index is 0.0615. The summed E-state index contributed by atoms with van der Waals surface area (Å²) >= 11 is 0. The maximum absolute atomic E-state index is 15.4. The van der Waals surface area contributed by atoms with E-state index < -0.39 is 40.7 Å². The van der Waals surface area contributed by atoms with Crippen molar-refractivity contribution in [3.05, 3.63) is 38.3 Å². The van der Waals surface area contributed by atoms with Crippen molar-refractivity contribution in [1.82, 2.24) is 9.55 Å². The minimum Gasteiger partial charge on any atom is -0.492 e. The van der Waals surface area contributed by atoms with Gasteiger partial charge in [0.05, 0.1) is 18.2 Å². The molecule has 2 unspecified atom stereocenters. The SMILES string of the molecule is COc1c(N2CC3=CC(F)(F)C(O)C3C2)c(F)c(N)c2c(=O)[nH]c(=O)n(C3CC3)c12. The van der Waals surface area contributed by atoms with Crippen LogP contribution < -0.4 is 26.6 Å². The lowest BCUT2D eigenvalue weighted by molar-refractivity contribution is -0.0737. The Hall–Kier alpha value is -2.95. The number of aliphatic hydroxyl groups is 1. The van der Waals surface area contributed by atoms with E-state index in [0.29, 0.717) is 18.9 Å². The van der Waals surface area contributed by atoms with Crippen LogP contribution in [0.25, 0.3) is 10.9 Å². The zero-order chi connectivity index (χ0) is 21.5. The summed E-state index contributed by atoms with van der Waals surface area (Å²) in [6, 6.07) is -0.176. The van der Waals surface area contributed by atoms with Gasteiger partial charge in [0.15, 0.2) is 11.6 Å². The Bertz CT molecular complexity index is 1230. The maximum atomic E-state index is 15.4. The monoisotopic (exact) mass is 424 g/mol. The van der Waals surface area contributed by atoms with E-state index in [4.69, 9.17) is 10.5 Å².